The van der Waals surface area contributed by atoms with Gasteiger partial charge in [0.15, 0.2) is 0 Å². The van der Waals surface area contributed by atoms with Crippen molar-refractivity contribution in [3.8, 4) is 0 Å². The van der Waals surface area contributed by atoms with Gasteiger partial charge >= 0.3 is 0 Å². The van der Waals surface area contributed by atoms with E-state index in [9.17, 15) is 18.4 Å². The van der Waals surface area contributed by atoms with Crippen molar-refractivity contribution in [1.29, 1.82) is 0 Å². The number of amides is 2. The van der Waals surface area contributed by atoms with Gasteiger partial charge in [-0.2, -0.15) is 5.10 Å². The van der Waals surface area contributed by atoms with E-state index in [1.54, 1.807) is 13.4 Å². The summed E-state index contributed by atoms with van der Waals surface area (Å²) in [5.74, 6) is 0.799. The Hall–Kier alpha value is -3.35. The largest absolute Gasteiger partial charge is 0.352 e. The lowest BCUT2D eigenvalue weighted by Crippen LogP contribution is -2.29. The molecule has 0 unspecified atom stereocenters. The molecule has 0 aliphatic heterocycles. The van der Waals surface area contributed by atoms with E-state index in [2.05, 4.69) is 31.2 Å². The molecule has 3 aromatic heterocycles. The van der Waals surface area contributed by atoms with Crippen LogP contribution in [-0.2, 0) is 24.7 Å². The second kappa shape index (κ2) is 10.2. The fraction of sp³-hybridized carbons (Fsp3) is 0.542. The van der Waals surface area contributed by atoms with Crippen LogP contribution in [0.25, 0.3) is 0 Å². The zero-order chi connectivity index (χ0) is 26.3. The average Bonchev–Trinajstić information content (AvgIpc) is 3.27. The number of carbonyl (C=O) groups is 2. The number of thiophene rings is 1. The van der Waals surface area contributed by atoms with Gasteiger partial charge in [-0.25, -0.2) is 8.78 Å². The number of hydrogen-bond acceptors (Lipinski definition) is 7. The van der Waals surface area contributed by atoms with Crippen LogP contribution in [0.4, 0.5) is 25.5 Å². The molecule has 5 rings (SSSR count). The lowest BCUT2D eigenvalue weighted by Gasteiger charge is -2.25. The zero-order valence-electron chi connectivity index (χ0n) is 20.9. The molecule has 13 heteroatoms. The molecule has 1 atom stereocenters. The molecule has 0 spiro atoms. The molecule has 3 aromatic rings. The Morgan fingerprint density at radius 2 is 2.05 bits per heavy atom. The standard InChI is InChI=1S/C24H30F2N8O2S.H2/c1-12(2)21(35)30-23-19(22(36)27-10-13-4-5-13)15-8-14(6-7-17(15)37-23)34-11-28-31-24(34)29-18-9-16(20(25)26)32-33(18)3;/h9,11-14,20H,4-8,10H2,1-3H3,(H,27,36)(H,29,31)(H,30,35);1H/t14-;/m0./s1. The summed E-state index contributed by atoms with van der Waals surface area (Å²) in [6, 6.07) is 1.22. The lowest BCUT2D eigenvalue weighted by molar-refractivity contribution is -0.118. The number of anilines is 3. The molecule has 2 amide bonds. The van der Waals surface area contributed by atoms with Gasteiger partial charge in [-0.3, -0.25) is 18.8 Å². The normalized spacial score (nSPS) is 17.2. The monoisotopic (exact) mass is 534 g/mol. The SMILES string of the molecule is CC(C)C(=O)Nc1sc2c(c1C(=O)NCC1CC1)C[C@@H](n1cnnc1Nc1cc(C(F)F)nn1C)CC2.[HH]. The number of aryl methyl sites for hydroxylation is 2. The Morgan fingerprint density at radius 3 is 2.73 bits per heavy atom. The number of alkyl halides is 2. The van der Waals surface area contributed by atoms with E-state index in [1.165, 1.54) is 22.1 Å². The molecular formula is C24H32F2N8O2S. The quantitative estimate of drug-likeness (QED) is 0.373. The number of rotatable bonds is 9. The lowest BCUT2D eigenvalue weighted by atomic mass is 9.91. The van der Waals surface area contributed by atoms with Crippen LogP contribution in [0.5, 0.6) is 0 Å². The van der Waals surface area contributed by atoms with Crippen molar-refractivity contribution < 1.29 is 19.8 Å². The molecule has 10 nitrogen and oxygen atoms in total. The first-order valence-electron chi connectivity index (χ1n) is 12.4. The minimum absolute atomic E-state index is 0. The molecule has 0 aromatic carbocycles. The molecular weight excluding hydrogens is 502 g/mol. The molecule has 3 heterocycles. The summed E-state index contributed by atoms with van der Waals surface area (Å²) in [4.78, 5) is 26.9. The van der Waals surface area contributed by atoms with Gasteiger partial charge in [-0.05, 0) is 43.6 Å². The van der Waals surface area contributed by atoms with Gasteiger partial charge in [0.1, 0.15) is 22.8 Å². The molecule has 0 radical (unpaired) electrons. The molecule has 2 aliphatic rings. The Kier molecular flexibility index (Phi) is 6.97. The van der Waals surface area contributed by atoms with E-state index in [0.717, 1.165) is 36.1 Å². The minimum Gasteiger partial charge on any atom is -0.352 e. The van der Waals surface area contributed by atoms with Crippen molar-refractivity contribution in [3.05, 3.63) is 34.1 Å². The molecule has 1 saturated carbocycles. The fourth-order valence-corrected chi connectivity index (χ4v) is 5.71. The summed E-state index contributed by atoms with van der Waals surface area (Å²) >= 11 is 1.47. The number of hydrogen-bond donors (Lipinski definition) is 3. The third-order valence-corrected chi connectivity index (χ3v) is 8.01. The second-order valence-electron chi connectivity index (χ2n) is 9.97. The highest BCUT2D eigenvalue weighted by atomic mass is 32.1. The molecule has 37 heavy (non-hydrogen) atoms. The number of fused-ring (bicyclic) bond motifs is 1. The number of nitrogens with one attached hydrogen (secondary N) is 3. The third kappa shape index (κ3) is 5.36. The molecule has 2 aliphatic carbocycles. The van der Waals surface area contributed by atoms with E-state index >= 15 is 0 Å². The van der Waals surface area contributed by atoms with Gasteiger partial charge in [0.2, 0.25) is 11.9 Å². The van der Waals surface area contributed by atoms with Gasteiger partial charge in [0, 0.05) is 37.9 Å². The van der Waals surface area contributed by atoms with Crippen LogP contribution >= 0.6 is 11.3 Å². The maximum absolute atomic E-state index is 13.3. The van der Waals surface area contributed by atoms with E-state index in [0.29, 0.717) is 41.2 Å². The maximum Gasteiger partial charge on any atom is 0.282 e. The highest BCUT2D eigenvalue weighted by molar-refractivity contribution is 7.17. The Morgan fingerprint density at radius 1 is 1.27 bits per heavy atom. The number of halogens is 2. The average molecular weight is 535 g/mol. The van der Waals surface area contributed by atoms with Gasteiger partial charge in [0.05, 0.1) is 5.56 Å². The van der Waals surface area contributed by atoms with Crippen LogP contribution in [0.1, 0.15) is 73.5 Å². The summed E-state index contributed by atoms with van der Waals surface area (Å²) < 4.78 is 29.4. The van der Waals surface area contributed by atoms with Crippen molar-refractivity contribution in [2.45, 2.75) is 58.4 Å². The highest BCUT2D eigenvalue weighted by Gasteiger charge is 2.32. The van der Waals surface area contributed by atoms with Crippen LogP contribution in [0.15, 0.2) is 12.4 Å². The van der Waals surface area contributed by atoms with Crippen LogP contribution < -0.4 is 16.0 Å². The number of carbonyl (C=O) groups excluding carboxylic acids is 2. The minimum atomic E-state index is -2.68. The Bertz CT molecular complexity index is 1320. The fourth-order valence-electron chi connectivity index (χ4n) is 4.46. The summed E-state index contributed by atoms with van der Waals surface area (Å²) in [6.07, 6.45) is 3.22. The first kappa shape index (κ1) is 25.3. The van der Waals surface area contributed by atoms with Gasteiger partial charge in [-0.1, -0.05) is 13.8 Å². The predicted octanol–water partition coefficient (Wildman–Crippen LogP) is 4.46. The predicted molar refractivity (Wildman–Crippen MR) is 137 cm³/mol. The second-order valence-corrected chi connectivity index (χ2v) is 11.1. The molecule has 0 bridgehead atoms. The van der Waals surface area contributed by atoms with E-state index in [4.69, 9.17) is 0 Å². The molecule has 0 saturated heterocycles. The van der Waals surface area contributed by atoms with Crippen molar-refractivity contribution in [3.63, 3.8) is 0 Å². The summed E-state index contributed by atoms with van der Waals surface area (Å²) in [7, 11) is 1.58. The molecule has 3 N–H and O–H groups in total. The van der Waals surface area contributed by atoms with E-state index in [-0.39, 0.29) is 30.9 Å². The first-order valence-corrected chi connectivity index (χ1v) is 13.2. The van der Waals surface area contributed by atoms with Gasteiger partial charge < -0.3 is 16.0 Å². The summed E-state index contributed by atoms with van der Waals surface area (Å²) in [5.41, 5.74) is 1.14. The zero-order valence-corrected chi connectivity index (χ0v) is 21.7. The Labute approximate surface area is 218 Å². The first-order chi connectivity index (χ1) is 17.7. The van der Waals surface area contributed by atoms with Crippen LogP contribution in [0.3, 0.4) is 0 Å². The topological polar surface area (TPSA) is 119 Å². The Balaban J connectivity index is 0.00000336. The smallest absolute Gasteiger partial charge is 0.282 e. The summed E-state index contributed by atoms with van der Waals surface area (Å²) in [6.45, 7) is 4.27. The van der Waals surface area contributed by atoms with Crippen molar-refractivity contribution in [2.75, 3.05) is 17.2 Å². The van der Waals surface area contributed by atoms with E-state index < -0.39 is 6.43 Å². The molecule has 200 valence electrons. The third-order valence-electron chi connectivity index (χ3n) is 6.80. The van der Waals surface area contributed by atoms with Crippen molar-refractivity contribution >= 4 is 39.9 Å². The van der Waals surface area contributed by atoms with Gasteiger partial charge in [-0.15, -0.1) is 21.5 Å². The van der Waals surface area contributed by atoms with Crippen LogP contribution in [0, 0.1) is 11.8 Å². The maximum atomic E-state index is 13.3. The van der Waals surface area contributed by atoms with Crippen molar-refractivity contribution in [1.82, 2.24) is 29.9 Å². The van der Waals surface area contributed by atoms with Crippen LogP contribution in [-0.4, -0.2) is 42.9 Å². The summed E-state index contributed by atoms with van der Waals surface area (Å²) in [5, 5.41) is 21.7. The van der Waals surface area contributed by atoms with Crippen molar-refractivity contribution in [2.24, 2.45) is 18.9 Å². The van der Waals surface area contributed by atoms with E-state index in [1.807, 2.05) is 18.4 Å². The number of aromatic nitrogens is 5. The number of nitrogens with zero attached hydrogens (tertiary/aromatic N) is 5. The highest BCUT2D eigenvalue weighted by Crippen LogP contribution is 2.42. The molecule has 1 fully saturated rings. The van der Waals surface area contributed by atoms with Crippen LogP contribution in [0.2, 0.25) is 0 Å². The van der Waals surface area contributed by atoms with Gasteiger partial charge in [0.25, 0.3) is 12.3 Å².